The van der Waals surface area contributed by atoms with Crippen LogP contribution in [0.4, 0.5) is 0 Å². The number of aromatic nitrogens is 4. The average molecular weight is 434 g/mol. The van der Waals surface area contributed by atoms with E-state index < -0.39 is 0 Å². The highest BCUT2D eigenvalue weighted by molar-refractivity contribution is 5.93. The monoisotopic (exact) mass is 433 g/mol. The molecule has 5 aromatic rings. The standard InChI is InChI=1S/C27H23N5O/c1-19-12-14-20(15-13-19)24-16-25(30-29-24)27(33)28-17-22-18-32(23-10-6-3-7-11-23)31-26(22)21-8-4-2-5-9-21/h2-16,18H,17H2,1H3,(H,28,33)(H,29,30). The van der Waals surface area contributed by atoms with E-state index in [0.717, 1.165) is 33.8 Å². The number of nitrogens with one attached hydrogen (secondary N) is 2. The van der Waals surface area contributed by atoms with Crippen molar-refractivity contribution in [1.29, 1.82) is 0 Å². The molecule has 162 valence electrons. The molecular weight excluding hydrogens is 410 g/mol. The van der Waals surface area contributed by atoms with E-state index in [1.807, 2.05) is 103 Å². The van der Waals surface area contributed by atoms with E-state index in [-0.39, 0.29) is 5.91 Å². The van der Waals surface area contributed by atoms with Gasteiger partial charge in [0.25, 0.3) is 5.91 Å². The molecule has 6 nitrogen and oxygen atoms in total. The van der Waals surface area contributed by atoms with Crippen molar-refractivity contribution >= 4 is 5.91 Å². The van der Waals surface area contributed by atoms with Gasteiger partial charge >= 0.3 is 0 Å². The maximum Gasteiger partial charge on any atom is 0.269 e. The fraction of sp³-hybridized carbons (Fsp3) is 0.0741. The lowest BCUT2D eigenvalue weighted by Gasteiger charge is -2.04. The van der Waals surface area contributed by atoms with E-state index in [4.69, 9.17) is 5.10 Å². The third-order valence-electron chi connectivity index (χ3n) is 5.47. The molecule has 0 bridgehead atoms. The number of carbonyl (C=O) groups excluding carboxylic acids is 1. The van der Waals surface area contributed by atoms with Crippen molar-refractivity contribution < 1.29 is 4.79 Å². The van der Waals surface area contributed by atoms with Crippen molar-refractivity contribution in [3.8, 4) is 28.2 Å². The molecule has 33 heavy (non-hydrogen) atoms. The van der Waals surface area contributed by atoms with Crippen LogP contribution in [0.2, 0.25) is 0 Å². The van der Waals surface area contributed by atoms with Gasteiger partial charge in [-0.3, -0.25) is 9.89 Å². The Labute approximate surface area is 191 Å². The van der Waals surface area contributed by atoms with Gasteiger partial charge in [-0.15, -0.1) is 0 Å². The predicted octanol–water partition coefficient (Wildman–Crippen LogP) is 5.17. The van der Waals surface area contributed by atoms with E-state index in [0.29, 0.717) is 12.2 Å². The van der Waals surface area contributed by atoms with Gasteiger partial charge in [-0.05, 0) is 25.1 Å². The molecule has 0 spiro atoms. The average Bonchev–Trinajstić information content (AvgIpc) is 3.52. The smallest absolute Gasteiger partial charge is 0.269 e. The molecule has 0 atom stereocenters. The fourth-order valence-corrected chi connectivity index (χ4v) is 3.67. The Morgan fingerprint density at radius 3 is 2.33 bits per heavy atom. The zero-order valence-corrected chi connectivity index (χ0v) is 18.2. The summed E-state index contributed by atoms with van der Waals surface area (Å²) >= 11 is 0. The van der Waals surface area contributed by atoms with Crippen LogP contribution in [0.25, 0.3) is 28.2 Å². The third-order valence-corrected chi connectivity index (χ3v) is 5.47. The minimum atomic E-state index is -0.215. The minimum Gasteiger partial charge on any atom is -0.347 e. The second kappa shape index (κ2) is 8.96. The van der Waals surface area contributed by atoms with Gasteiger partial charge in [0, 0.05) is 29.4 Å². The normalized spacial score (nSPS) is 10.8. The van der Waals surface area contributed by atoms with Crippen LogP contribution in [0.5, 0.6) is 0 Å². The Balaban J connectivity index is 1.37. The Morgan fingerprint density at radius 1 is 0.909 bits per heavy atom. The molecule has 0 saturated heterocycles. The zero-order chi connectivity index (χ0) is 22.6. The summed E-state index contributed by atoms with van der Waals surface area (Å²) in [4.78, 5) is 12.8. The lowest BCUT2D eigenvalue weighted by Crippen LogP contribution is -2.23. The van der Waals surface area contributed by atoms with Gasteiger partial charge in [0.1, 0.15) is 5.69 Å². The molecule has 0 saturated carbocycles. The molecule has 0 aliphatic rings. The molecule has 1 amide bonds. The van der Waals surface area contributed by atoms with Gasteiger partial charge in [-0.25, -0.2) is 4.68 Å². The quantitative estimate of drug-likeness (QED) is 0.388. The predicted molar refractivity (Wildman–Crippen MR) is 129 cm³/mol. The summed E-state index contributed by atoms with van der Waals surface area (Å²) in [7, 11) is 0. The number of carbonyl (C=O) groups is 1. The number of hydrogen-bond donors (Lipinski definition) is 2. The molecule has 6 heteroatoms. The highest BCUT2D eigenvalue weighted by Gasteiger charge is 2.15. The Morgan fingerprint density at radius 2 is 1.61 bits per heavy atom. The van der Waals surface area contributed by atoms with Crippen LogP contribution in [0, 0.1) is 6.92 Å². The van der Waals surface area contributed by atoms with E-state index in [1.54, 1.807) is 6.07 Å². The van der Waals surface area contributed by atoms with Crippen molar-refractivity contribution in [1.82, 2.24) is 25.3 Å². The van der Waals surface area contributed by atoms with Gasteiger partial charge in [0.15, 0.2) is 0 Å². The van der Waals surface area contributed by atoms with Crippen LogP contribution in [-0.4, -0.2) is 25.9 Å². The molecule has 2 aromatic heterocycles. The Kier molecular flexibility index (Phi) is 5.55. The SMILES string of the molecule is Cc1ccc(-c2cc(C(=O)NCc3cn(-c4ccccc4)nc3-c3ccccc3)[nH]n2)cc1. The van der Waals surface area contributed by atoms with Crippen molar-refractivity contribution in [2.45, 2.75) is 13.5 Å². The van der Waals surface area contributed by atoms with Crippen molar-refractivity contribution in [2.75, 3.05) is 0 Å². The zero-order valence-electron chi connectivity index (χ0n) is 18.2. The lowest BCUT2D eigenvalue weighted by atomic mass is 10.1. The molecule has 0 radical (unpaired) electrons. The first-order valence-electron chi connectivity index (χ1n) is 10.8. The van der Waals surface area contributed by atoms with Crippen LogP contribution in [0.3, 0.4) is 0 Å². The maximum atomic E-state index is 12.8. The van der Waals surface area contributed by atoms with E-state index in [9.17, 15) is 4.79 Å². The summed E-state index contributed by atoms with van der Waals surface area (Å²) in [5.41, 5.74) is 7.03. The van der Waals surface area contributed by atoms with Crippen molar-refractivity contribution in [3.63, 3.8) is 0 Å². The minimum absolute atomic E-state index is 0.215. The topological polar surface area (TPSA) is 75.6 Å². The number of amides is 1. The molecule has 3 aromatic carbocycles. The van der Waals surface area contributed by atoms with E-state index in [1.165, 1.54) is 5.56 Å². The summed E-state index contributed by atoms with van der Waals surface area (Å²) < 4.78 is 1.84. The highest BCUT2D eigenvalue weighted by atomic mass is 16.1. The van der Waals surface area contributed by atoms with Gasteiger partial charge in [0.2, 0.25) is 0 Å². The molecule has 0 aliphatic heterocycles. The van der Waals surface area contributed by atoms with E-state index in [2.05, 4.69) is 15.5 Å². The van der Waals surface area contributed by atoms with Gasteiger partial charge < -0.3 is 5.32 Å². The maximum absolute atomic E-state index is 12.8. The first-order chi connectivity index (χ1) is 16.2. The number of aromatic amines is 1. The Bertz CT molecular complexity index is 1370. The largest absolute Gasteiger partial charge is 0.347 e. The molecule has 0 unspecified atom stereocenters. The van der Waals surface area contributed by atoms with Gasteiger partial charge in [-0.1, -0.05) is 78.4 Å². The number of nitrogens with zero attached hydrogens (tertiary/aromatic N) is 3. The third kappa shape index (κ3) is 4.45. The summed E-state index contributed by atoms with van der Waals surface area (Å²) in [5.74, 6) is -0.215. The second-order valence-corrected chi connectivity index (χ2v) is 7.86. The van der Waals surface area contributed by atoms with Gasteiger partial charge in [-0.2, -0.15) is 10.2 Å². The summed E-state index contributed by atoms with van der Waals surface area (Å²) in [6.45, 7) is 2.38. The number of aryl methyl sites for hydroxylation is 1. The van der Waals surface area contributed by atoms with E-state index >= 15 is 0 Å². The summed E-state index contributed by atoms with van der Waals surface area (Å²) in [5, 5.41) is 14.9. The molecule has 5 rings (SSSR count). The van der Waals surface area contributed by atoms with Crippen molar-refractivity contribution in [2.24, 2.45) is 0 Å². The molecule has 0 aliphatic carbocycles. The summed E-state index contributed by atoms with van der Waals surface area (Å²) in [6, 6.07) is 29.7. The fourth-order valence-electron chi connectivity index (χ4n) is 3.67. The number of H-pyrrole nitrogens is 1. The second-order valence-electron chi connectivity index (χ2n) is 7.86. The first kappa shape index (κ1) is 20.5. The van der Waals surface area contributed by atoms with Crippen LogP contribution < -0.4 is 5.32 Å². The summed E-state index contributed by atoms with van der Waals surface area (Å²) in [6.07, 6.45) is 1.96. The van der Waals surface area contributed by atoms with Gasteiger partial charge in [0.05, 0.1) is 17.1 Å². The number of para-hydroxylation sites is 1. The number of hydrogen-bond acceptors (Lipinski definition) is 3. The lowest BCUT2D eigenvalue weighted by molar-refractivity contribution is 0.0946. The highest BCUT2D eigenvalue weighted by Crippen LogP contribution is 2.24. The molecule has 0 fully saturated rings. The van der Waals surface area contributed by atoms with Crippen LogP contribution >= 0.6 is 0 Å². The van der Waals surface area contributed by atoms with Crippen molar-refractivity contribution in [3.05, 3.63) is 114 Å². The first-order valence-corrected chi connectivity index (χ1v) is 10.8. The number of benzene rings is 3. The van der Waals surface area contributed by atoms with Crippen LogP contribution in [0.1, 0.15) is 21.6 Å². The Hall–Kier alpha value is -4.45. The van der Waals surface area contributed by atoms with Crippen LogP contribution in [-0.2, 0) is 6.54 Å². The number of rotatable bonds is 6. The molecule has 2 N–H and O–H groups in total. The molecule has 2 heterocycles. The molecular formula is C27H23N5O. The van der Waals surface area contributed by atoms with Crippen LogP contribution in [0.15, 0.2) is 97.2 Å².